The Hall–Kier alpha value is -1.67. The smallest absolute Gasteiger partial charge is 0.221 e. The Morgan fingerprint density at radius 1 is 0.905 bits per heavy atom. The van der Waals surface area contributed by atoms with Gasteiger partial charge in [-0.1, -0.05) is 0 Å². The third-order valence-electron chi connectivity index (χ3n) is 2.86. The lowest BCUT2D eigenvalue weighted by Gasteiger charge is -2.21. The highest BCUT2D eigenvalue weighted by molar-refractivity contribution is 5.76. The minimum Gasteiger partial charge on any atom is -0.370 e. The third kappa shape index (κ3) is 13.1. The molecule has 0 saturated heterocycles. The Bertz CT molecular complexity index is 318. The minimum absolute atomic E-state index is 0.0179. The van der Waals surface area contributed by atoms with Crippen molar-refractivity contribution in [2.45, 2.75) is 26.2 Å². The molecule has 0 rings (SSSR count). The summed E-state index contributed by atoms with van der Waals surface area (Å²) in [5.74, 6) is -0.726. The lowest BCUT2D eigenvalue weighted by molar-refractivity contribution is -0.121. The Morgan fingerprint density at radius 3 is 1.95 bits per heavy atom. The van der Waals surface area contributed by atoms with Gasteiger partial charge in [0.1, 0.15) is 0 Å². The summed E-state index contributed by atoms with van der Waals surface area (Å²) >= 11 is 0. The normalized spacial score (nSPS) is 10.6. The second-order valence-corrected chi connectivity index (χ2v) is 4.73. The van der Waals surface area contributed by atoms with Crippen molar-refractivity contribution in [1.82, 2.24) is 15.5 Å². The first kappa shape index (κ1) is 19.3. The number of nitrogens with one attached hydrogen (secondary N) is 2. The van der Waals surface area contributed by atoms with Crippen LogP contribution in [-0.2, 0) is 14.4 Å². The van der Waals surface area contributed by atoms with Gasteiger partial charge in [0.15, 0.2) is 0 Å². The molecule has 0 fully saturated rings. The molecule has 0 saturated carbocycles. The Labute approximate surface area is 125 Å². The average Bonchev–Trinajstić information content (AvgIpc) is 2.40. The summed E-state index contributed by atoms with van der Waals surface area (Å²) in [7, 11) is 0. The summed E-state index contributed by atoms with van der Waals surface area (Å²) in [5.41, 5.74) is 10.2. The summed E-state index contributed by atoms with van der Waals surface area (Å²) < 4.78 is 0. The van der Waals surface area contributed by atoms with Crippen molar-refractivity contribution in [2.24, 2.45) is 11.5 Å². The van der Waals surface area contributed by atoms with Gasteiger partial charge in [-0.05, 0) is 6.92 Å². The zero-order valence-electron chi connectivity index (χ0n) is 12.7. The molecule has 0 atom stereocenters. The van der Waals surface area contributed by atoms with E-state index in [9.17, 15) is 14.4 Å². The van der Waals surface area contributed by atoms with Crippen molar-refractivity contribution in [2.75, 3.05) is 39.3 Å². The third-order valence-corrected chi connectivity index (χ3v) is 2.86. The number of hydrogen-bond donors (Lipinski definition) is 4. The molecule has 0 aromatic rings. The van der Waals surface area contributed by atoms with E-state index in [0.717, 1.165) is 0 Å². The Kier molecular flexibility index (Phi) is 11.1. The topological polar surface area (TPSA) is 131 Å². The average molecular weight is 301 g/mol. The van der Waals surface area contributed by atoms with E-state index in [2.05, 4.69) is 10.6 Å². The first-order valence-corrected chi connectivity index (χ1v) is 7.22. The van der Waals surface area contributed by atoms with Crippen molar-refractivity contribution >= 4 is 17.7 Å². The maximum Gasteiger partial charge on any atom is 0.221 e. The Balaban J connectivity index is 3.85. The van der Waals surface area contributed by atoms with Gasteiger partial charge in [-0.3, -0.25) is 14.4 Å². The van der Waals surface area contributed by atoms with Gasteiger partial charge >= 0.3 is 0 Å². The second kappa shape index (κ2) is 12.1. The summed E-state index contributed by atoms with van der Waals surface area (Å²) in [4.78, 5) is 34.8. The van der Waals surface area contributed by atoms with Crippen LogP contribution in [0.15, 0.2) is 0 Å². The van der Waals surface area contributed by atoms with Gasteiger partial charge in [0.05, 0.1) is 0 Å². The van der Waals surface area contributed by atoms with E-state index in [-0.39, 0.29) is 30.6 Å². The summed E-state index contributed by atoms with van der Waals surface area (Å²) in [6.45, 7) is 5.42. The van der Waals surface area contributed by atoms with Crippen LogP contribution < -0.4 is 22.1 Å². The second-order valence-electron chi connectivity index (χ2n) is 4.73. The number of nitrogens with zero attached hydrogens (tertiary/aromatic N) is 1. The molecule has 0 unspecified atom stereocenters. The van der Waals surface area contributed by atoms with Crippen LogP contribution in [0.25, 0.3) is 0 Å². The highest BCUT2D eigenvalue weighted by Crippen LogP contribution is 1.93. The van der Waals surface area contributed by atoms with E-state index in [1.54, 1.807) is 0 Å². The lowest BCUT2D eigenvalue weighted by Crippen LogP contribution is -2.37. The van der Waals surface area contributed by atoms with E-state index in [0.29, 0.717) is 45.7 Å². The number of amides is 3. The highest BCUT2D eigenvalue weighted by Gasteiger charge is 2.08. The van der Waals surface area contributed by atoms with E-state index < -0.39 is 0 Å². The van der Waals surface area contributed by atoms with Gasteiger partial charge in [-0.25, -0.2) is 0 Å². The lowest BCUT2D eigenvalue weighted by atomic mass is 10.3. The number of rotatable bonds is 13. The number of primary amides is 2. The fourth-order valence-electron chi connectivity index (χ4n) is 1.72. The summed E-state index contributed by atoms with van der Waals surface area (Å²) in [5, 5.41) is 5.86. The molecule has 0 aliphatic carbocycles. The van der Waals surface area contributed by atoms with Gasteiger partial charge in [0.2, 0.25) is 17.7 Å². The molecule has 8 nitrogen and oxygen atoms in total. The van der Waals surface area contributed by atoms with Gasteiger partial charge < -0.3 is 27.0 Å². The number of hydrogen-bond acceptors (Lipinski definition) is 5. The molecule has 0 aromatic carbocycles. The van der Waals surface area contributed by atoms with Crippen molar-refractivity contribution in [1.29, 1.82) is 0 Å². The Morgan fingerprint density at radius 2 is 1.48 bits per heavy atom. The highest BCUT2D eigenvalue weighted by atomic mass is 16.2. The van der Waals surface area contributed by atoms with E-state index in [1.165, 1.54) is 0 Å². The molecular weight excluding hydrogens is 274 g/mol. The molecule has 3 amide bonds. The zero-order chi connectivity index (χ0) is 16.1. The number of nitrogens with two attached hydrogens (primary N) is 2. The minimum atomic E-state index is -0.372. The number of carbonyl (C=O) groups is 3. The van der Waals surface area contributed by atoms with Crippen LogP contribution in [0.5, 0.6) is 0 Å². The van der Waals surface area contributed by atoms with Crippen LogP contribution in [0.2, 0.25) is 0 Å². The van der Waals surface area contributed by atoms with Gasteiger partial charge in [-0.15, -0.1) is 0 Å². The van der Waals surface area contributed by atoms with Crippen molar-refractivity contribution in [3.05, 3.63) is 0 Å². The first-order chi connectivity index (χ1) is 9.95. The fourth-order valence-corrected chi connectivity index (χ4v) is 1.72. The van der Waals surface area contributed by atoms with Crippen molar-refractivity contribution in [3.63, 3.8) is 0 Å². The molecule has 6 N–H and O–H groups in total. The molecule has 0 aromatic heterocycles. The van der Waals surface area contributed by atoms with Gasteiger partial charge in [0.25, 0.3) is 0 Å². The first-order valence-electron chi connectivity index (χ1n) is 7.22. The number of carbonyl (C=O) groups excluding carboxylic acids is 3. The van der Waals surface area contributed by atoms with Crippen LogP contribution in [0, 0.1) is 0 Å². The predicted octanol–water partition coefficient (Wildman–Crippen LogP) is -1.84. The van der Waals surface area contributed by atoms with Gasteiger partial charge in [-0.2, -0.15) is 0 Å². The van der Waals surface area contributed by atoms with E-state index in [1.807, 2.05) is 11.8 Å². The molecule has 0 radical (unpaired) electrons. The summed E-state index contributed by atoms with van der Waals surface area (Å²) in [6.07, 6.45) is 0.922. The predicted molar refractivity (Wildman–Crippen MR) is 80.2 cm³/mol. The fraction of sp³-hybridized carbons (Fsp3) is 0.769. The molecule has 21 heavy (non-hydrogen) atoms. The molecule has 0 heterocycles. The van der Waals surface area contributed by atoms with Crippen LogP contribution >= 0.6 is 0 Å². The van der Waals surface area contributed by atoms with E-state index >= 15 is 0 Å². The molecule has 0 aliphatic rings. The van der Waals surface area contributed by atoms with Crippen LogP contribution in [0.3, 0.4) is 0 Å². The van der Waals surface area contributed by atoms with Crippen LogP contribution in [0.4, 0.5) is 0 Å². The SMILES string of the molecule is CCNC(=O)CCNCCN(CCC(N)=O)CCC(N)=O. The standard InChI is InChI=1S/C13H27N5O3/c1-2-17-13(21)3-6-16-7-10-18(8-4-11(14)19)9-5-12(15)20/h16H,2-10H2,1H3,(H2,14,19)(H2,15,20)(H,17,21). The van der Waals surface area contributed by atoms with E-state index in [4.69, 9.17) is 11.5 Å². The zero-order valence-corrected chi connectivity index (χ0v) is 12.7. The molecule has 122 valence electrons. The quantitative estimate of drug-likeness (QED) is 0.297. The van der Waals surface area contributed by atoms with Crippen LogP contribution in [-0.4, -0.2) is 61.9 Å². The van der Waals surface area contributed by atoms with Crippen LogP contribution in [0.1, 0.15) is 26.2 Å². The monoisotopic (exact) mass is 301 g/mol. The molecular formula is C13H27N5O3. The molecule has 0 aliphatic heterocycles. The summed E-state index contributed by atoms with van der Waals surface area (Å²) in [6, 6.07) is 0. The maximum atomic E-state index is 11.2. The largest absolute Gasteiger partial charge is 0.370 e. The van der Waals surface area contributed by atoms with Gasteiger partial charge in [0, 0.05) is 58.5 Å². The van der Waals surface area contributed by atoms with Crippen molar-refractivity contribution < 1.29 is 14.4 Å². The maximum absolute atomic E-state index is 11.2. The van der Waals surface area contributed by atoms with Crippen molar-refractivity contribution in [3.8, 4) is 0 Å². The molecule has 8 heteroatoms. The molecule has 0 bridgehead atoms. The molecule has 0 spiro atoms.